The second-order valence-electron chi connectivity index (χ2n) is 5.47. The summed E-state index contributed by atoms with van der Waals surface area (Å²) in [6.07, 6.45) is 0.147. The summed E-state index contributed by atoms with van der Waals surface area (Å²) in [6.45, 7) is 3.58. The Labute approximate surface area is 136 Å². The van der Waals surface area contributed by atoms with Crippen LogP contribution in [0.2, 0.25) is 0 Å². The predicted octanol–water partition coefficient (Wildman–Crippen LogP) is 3.90. The average Bonchev–Trinajstić information content (AvgIpc) is 2.55. The highest BCUT2D eigenvalue weighted by atomic mass is 16.5. The molecule has 122 valence electrons. The van der Waals surface area contributed by atoms with Gasteiger partial charge >= 0.3 is 5.97 Å². The van der Waals surface area contributed by atoms with E-state index >= 15 is 0 Å². The lowest BCUT2D eigenvalue weighted by atomic mass is 10.0. The predicted molar refractivity (Wildman–Crippen MR) is 88.6 cm³/mol. The van der Waals surface area contributed by atoms with Crippen LogP contribution in [0.4, 0.5) is 0 Å². The van der Waals surface area contributed by atoms with Crippen molar-refractivity contribution in [3.8, 4) is 11.5 Å². The second kappa shape index (κ2) is 8.34. The summed E-state index contributed by atoms with van der Waals surface area (Å²) in [5.74, 6) is 0.728. The van der Waals surface area contributed by atoms with E-state index in [1.165, 1.54) is 0 Å². The molecule has 2 aromatic rings. The molecule has 1 N–H and O–H groups in total. The number of rotatable bonds is 7. The molecule has 4 heteroatoms. The molecular weight excluding hydrogens is 292 g/mol. The van der Waals surface area contributed by atoms with Crippen LogP contribution in [0.1, 0.15) is 31.7 Å². The van der Waals surface area contributed by atoms with Crippen LogP contribution in [-0.2, 0) is 9.53 Å². The van der Waals surface area contributed by atoms with Gasteiger partial charge in [-0.3, -0.25) is 4.79 Å². The fourth-order valence-electron chi connectivity index (χ4n) is 2.15. The molecule has 0 heterocycles. The fourth-order valence-corrected chi connectivity index (χ4v) is 2.15. The number of esters is 1. The fraction of sp³-hybridized carbons (Fsp3) is 0.316. The van der Waals surface area contributed by atoms with E-state index in [0.29, 0.717) is 12.2 Å². The third-order valence-corrected chi connectivity index (χ3v) is 3.54. The number of carbonyl (C=O) groups excluding carboxylic acids is 1. The summed E-state index contributed by atoms with van der Waals surface area (Å²) < 4.78 is 11.1. The minimum Gasteiger partial charge on any atom is -0.462 e. The molecule has 2 aromatic carbocycles. The van der Waals surface area contributed by atoms with Gasteiger partial charge < -0.3 is 14.6 Å². The third-order valence-electron chi connectivity index (χ3n) is 3.54. The van der Waals surface area contributed by atoms with Crippen molar-refractivity contribution in [3.63, 3.8) is 0 Å². The zero-order chi connectivity index (χ0) is 16.7. The second-order valence-corrected chi connectivity index (χ2v) is 5.47. The maximum Gasteiger partial charge on any atom is 0.313 e. The smallest absolute Gasteiger partial charge is 0.313 e. The molecule has 2 atom stereocenters. The zero-order valence-corrected chi connectivity index (χ0v) is 13.4. The SMILES string of the molecule is CC(CCO)OC(=O)C(C)c1cccc(Oc2ccccc2)c1. The number of hydrogen-bond donors (Lipinski definition) is 1. The molecule has 0 bridgehead atoms. The van der Waals surface area contributed by atoms with Crippen LogP contribution in [-0.4, -0.2) is 23.8 Å². The molecule has 0 aliphatic rings. The first-order valence-corrected chi connectivity index (χ1v) is 7.74. The van der Waals surface area contributed by atoms with Gasteiger partial charge in [-0.05, 0) is 43.7 Å². The van der Waals surface area contributed by atoms with Crippen molar-refractivity contribution < 1.29 is 19.4 Å². The summed E-state index contributed by atoms with van der Waals surface area (Å²) in [6, 6.07) is 16.9. The van der Waals surface area contributed by atoms with Gasteiger partial charge in [0.1, 0.15) is 17.6 Å². The van der Waals surface area contributed by atoms with Gasteiger partial charge in [0.05, 0.1) is 5.92 Å². The standard InChI is InChI=1S/C19H22O4/c1-14(11-12-20)22-19(21)15(2)16-7-6-10-18(13-16)23-17-8-4-3-5-9-17/h3-10,13-15,20H,11-12H2,1-2H3. The van der Waals surface area contributed by atoms with E-state index in [1.54, 1.807) is 13.8 Å². The van der Waals surface area contributed by atoms with Gasteiger partial charge in [0.25, 0.3) is 0 Å². The monoisotopic (exact) mass is 314 g/mol. The maximum absolute atomic E-state index is 12.2. The van der Waals surface area contributed by atoms with Crippen molar-refractivity contribution >= 4 is 5.97 Å². The summed E-state index contributed by atoms with van der Waals surface area (Å²) >= 11 is 0. The lowest BCUT2D eigenvalue weighted by molar-refractivity contribution is -0.150. The molecular formula is C19H22O4. The summed E-state index contributed by atoms with van der Waals surface area (Å²) in [5.41, 5.74) is 0.833. The van der Waals surface area contributed by atoms with Crippen molar-refractivity contribution in [1.82, 2.24) is 0 Å². The van der Waals surface area contributed by atoms with Crippen LogP contribution in [0, 0.1) is 0 Å². The minimum atomic E-state index is -0.393. The van der Waals surface area contributed by atoms with Crippen LogP contribution in [0.25, 0.3) is 0 Å². The van der Waals surface area contributed by atoms with E-state index in [-0.39, 0.29) is 18.7 Å². The van der Waals surface area contributed by atoms with Gasteiger partial charge in [-0.2, -0.15) is 0 Å². The van der Waals surface area contributed by atoms with E-state index in [4.69, 9.17) is 14.6 Å². The minimum absolute atomic E-state index is 0.00320. The molecule has 0 aliphatic heterocycles. The first-order valence-electron chi connectivity index (χ1n) is 7.74. The Hall–Kier alpha value is -2.33. The number of para-hydroxylation sites is 1. The van der Waals surface area contributed by atoms with Crippen molar-refractivity contribution in [1.29, 1.82) is 0 Å². The quantitative estimate of drug-likeness (QED) is 0.788. The Morgan fingerprint density at radius 2 is 1.74 bits per heavy atom. The first-order chi connectivity index (χ1) is 11.1. The molecule has 2 unspecified atom stereocenters. The Balaban J connectivity index is 2.05. The normalized spacial score (nSPS) is 13.2. The van der Waals surface area contributed by atoms with Gasteiger partial charge in [-0.15, -0.1) is 0 Å². The zero-order valence-electron chi connectivity index (χ0n) is 13.4. The molecule has 0 spiro atoms. The number of aliphatic hydroxyl groups excluding tert-OH is 1. The lowest BCUT2D eigenvalue weighted by Crippen LogP contribution is -2.20. The Morgan fingerprint density at radius 3 is 2.43 bits per heavy atom. The lowest BCUT2D eigenvalue weighted by Gasteiger charge is -2.17. The largest absolute Gasteiger partial charge is 0.462 e. The van der Waals surface area contributed by atoms with E-state index < -0.39 is 5.92 Å². The van der Waals surface area contributed by atoms with Gasteiger partial charge in [-0.25, -0.2) is 0 Å². The molecule has 0 aliphatic carbocycles. The molecule has 2 rings (SSSR count). The highest BCUT2D eigenvalue weighted by Gasteiger charge is 2.19. The highest BCUT2D eigenvalue weighted by molar-refractivity contribution is 5.78. The molecule has 23 heavy (non-hydrogen) atoms. The van der Waals surface area contributed by atoms with Gasteiger partial charge in [0.2, 0.25) is 0 Å². The van der Waals surface area contributed by atoms with Crippen LogP contribution >= 0.6 is 0 Å². The van der Waals surface area contributed by atoms with Crippen molar-refractivity contribution in [2.75, 3.05) is 6.61 Å². The Morgan fingerprint density at radius 1 is 1.04 bits per heavy atom. The number of carbonyl (C=O) groups is 1. The molecule has 0 radical (unpaired) electrons. The van der Waals surface area contributed by atoms with Gasteiger partial charge in [0.15, 0.2) is 0 Å². The van der Waals surface area contributed by atoms with Crippen molar-refractivity contribution in [2.45, 2.75) is 32.3 Å². The molecule has 0 amide bonds. The average molecular weight is 314 g/mol. The molecule has 0 saturated heterocycles. The summed E-state index contributed by atoms with van der Waals surface area (Å²) in [4.78, 5) is 12.2. The maximum atomic E-state index is 12.2. The Kier molecular flexibility index (Phi) is 6.18. The third kappa shape index (κ3) is 5.11. The Bertz CT molecular complexity index is 624. The molecule has 0 fully saturated rings. The number of hydrogen-bond acceptors (Lipinski definition) is 4. The number of ether oxygens (including phenoxy) is 2. The van der Waals surface area contributed by atoms with Crippen LogP contribution in [0.3, 0.4) is 0 Å². The van der Waals surface area contributed by atoms with Crippen LogP contribution < -0.4 is 4.74 Å². The van der Waals surface area contributed by atoms with Crippen molar-refractivity contribution in [2.24, 2.45) is 0 Å². The number of aliphatic hydroxyl groups is 1. The van der Waals surface area contributed by atoms with Crippen molar-refractivity contribution in [3.05, 3.63) is 60.2 Å². The topological polar surface area (TPSA) is 55.8 Å². The number of benzene rings is 2. The van der Waals surface area contributed by atoms with Gasteiger partial charge in [-0.1, -0.05) is 30.3 Å². The van der Waals surface area contributed by atoms with E-state index in [1.807, 2.05) is 54.6 Å². The molecule has 0 saturated carbocycles. The van der Waals surface area contributed by atoms with Crippen LogP contribution in [0.15, 0.2) is 54.6 Å². The van der Waals surface area contributed by atoms with Crippen LogP contribution in [0.5, 0.6) is 11.5 Å². The van der Waals surface area contributed by atoms with E-state index in [9.17, 15) is 4.79 Å². The first kappa shape index (κ1) is 17.0. The summed E-state index contributed by atoms with van der Waals surface area (Å²) in [7, 11) is 0. The highest BCUT2D eigenvalue weighted by Crippen LogP contribution is 2.26. The summed E-state index contributed by atoms with van der Waals surface area (Å²) in [5, 5.41) is 8.87. The van der Waals surface area contributed by atoms with E-state index in [0.717, 1.165) is 11.3 Å². The van der Waals surface area contributed by atoms with E-state index in [2.05, 4.69) is 0 Å². The molecule has 0 aromatic heterocycles. The van der Waals surface area contributed by atoms with Gasteiger partial charge in [0, 0.05) is 13.0 Å². The molecule has 4 nitrogen and oxygen atoms in total.